The Morgan fingerprint density at radius 1 is 0.768 bits per heavy atom. The standard InChI is InChI=1S/C40H70O16/c1-17(2)19(15-53-37-34(31(50)32(55-37)22(44)14-41)56-36-33(52-6)28(47)23(45)16-54-36)8-7-18(3)25-29(48)30(49)35-39(25,5)12-10-24-38(4)11-9-20(42)27(46)26(38)21(43)13-40(24,35)51/h17-37,41-51H,7-16H2,1-6H3/t18-,19-,20+,21+,22+,23-,24-,25+,26+,27+,28+,29-,30-,31+,32+,33-,34-,35-,36+,37-,38-,39-,40+/m1/s1. The number of methoxy groups -OCH3 is 1. The Bertz CT molecular complexity index is 1310. The van der Waals surface area contributed by atoms with Crippen molar-refractivity contribution in [1.82, 2.24) is 0 Å². The second kappa shape index (κ2) is 17.0. The second-order valence-corrected chi connectivity index (χ2v) is 19.1. The van der Waals surface area contributed by atoms with Gasteiger partial charge in [-0.3, -0.25) is 0 Å². The Hall–Kier alpha value is -0.640. The molecule has 0 unspecified atom stereocenters. The van der Waals surface area contributed by atoms with Gasteiger partial charge in [-0.05, 0) is 78.9 Å². The quantitative estimate of drug-likeness (QED) is 0.103. The van der Waals surface area contributed by atoms with Crippen molar-refractivity contribution in [1.29, 1.82) is 0 Å². The Labute approximate surface area is 329 Å². The van der Waals surface area contributed by atoms with Crippen molar-refractivity contribution >= 4 is 0 Å². The van der Waals surface area contributed by atoms with Crippen LogP contribution in [0.5, 0.6) is 0 Å². The Morgan fingerprint density at radius 2 is 1.45 bits per heavy atom. The first-order valence-electron chi connectivity index (χ1n) is 20.8. The number of aliphatic hydroxyl groups is 11. The summed E-state index contributed by atoms with van der Waals surface area (Å²) in [6.45, 7) is 9.39. The highest BCUT2D eigenvalue weighted by molar-refractivity contribution is 5.22. The largest absolute Gasteiger partial charge is 0.394 e. The molecule has 6 fully saturated rings. The van der Waals surface area contributed by atoms with Crippen LogP contribution in [0.3, 0.4) is 0 Å². The third-order valence-electron chi connectivity index (χ3n) is 15.7. The number of hydrogen-bond donors (Lipinski definition) is 11. The molecule has 6 rings (SSSR count). The number of fused-ring (bicyclic) bond motifs is 5. The van der Waals surface area contributed by atoms with Crippen LogP contribution in [0.25, 0.3) is 0 Å². The van der Waals surface area contributed by atoms with Gasteiger partial charge in [-0.1, -0.05) is 34.6 Å². The summed E-state index contributed by atoms with van der Waals surface area (Å²) in [5.74, 6) is -2.07. The van der Waals surface area contributed by atoms with Crippen molar-refractivity contribution in [3.8, 4) is 0 Å². The molecule has 4 aliphatic carbocycles. The Morgan fingerprint density at radius 3 is 2.09 bits per heavy atom. The average Bonchev–Trinajstić information content (AvgIpc) is 3.55. The molecule has 16 heteroatoms. The van der Waals surface area contributed by atoms with Crippen LogP contribution in [0.1, 0.15) is 79.6 Å². The predicted octanol–water partition coefficient (Wildman–Crippen LogP) is -1.37. The van der Waals surface area contributed by atoms with Gasteiger partial charge in [-0.25, -0.2) is 0 Å². The first-order valence-corrected chi connectivity index (χ1v) is 20.8. The van der Waals surface area contributed by atoms with Gasteiger partial charge in [0.15, 0.2) is 12.6 Å². The van der Waals surface area contributed by atoms with Crippen LogP contribution >= 0.6 is 0 Å². The minimum absolute atomic E-state index is 0.0549. The van der Waals surface area contributed by atoms with Gasteiger partial charge in [0.2, 0.25) is 0 Å². The SMILES string of the molecule is CO[C@H]1[C@H](O[C@H]2[C@H](OC[C@@H](CC[C@@H](C)[C@H]3[C@@H](O)[C@@H](O)[C@@H]4[C@]3(C)CC[C@@H]3[C@@]5(C)CC[C@H](O)[C@H](O)[C@@H]5[C@@H](O)C[C@]34O)C(C)C)O[C@@H]([C@@H](O)CO)[C@@H]2O)OC[C@@H](O)[C@@H]1O. The third-order valence-corrected chi connectivity index (χ3v) is 15.7. The van der Waals surface area contributed by atoms with Crippen LogP contribution in [0, 0.1) is 52.3 Å². The lowest BCUT2D eigenvalue weighted by Crippen LogP contribution is -2.71. The monoisotopic (exact) mass is 806 g/mol. The van der Waals surface area contributed by atoms with Crippen molar-refractivity contribution in [2.24, 2.45) is 52.3 Å². The lowest BCUT2D eigenvalue weighted by Gasteiger charge is -2.66. The molecule has 0 aromatic heterocycles. The molecule has 2 aliphatic heterocycles. The van der Waals surface area contributed by atoms with E-state index in [-0.39, 0.29) is 49.2 Å². The molecule has 0 aromatic carbocycles. The van der Waals surface area contributed by atoms with E-state index in [0.717, 1.165) is 0 Å². The second-order valence-electron chi connectivity index (χ2n) is 19.1. The van der Waals surface area contributed by atoms with E-state index >= 15 is 0 Å². The van der Waals surface area contributed by atoms with Gasteiger partial charge in [0, 0.05) is 25.4 Å². The minimum Gasteiger partial charge on any atom is -0.394 e. The Balaban J connectivity index is 1.14. The topological polar surface area (TPSA) is 269 Å². The fourth-order valence-corrected chi connectivity index (χ4v) is 12.8. The van der Waals surface area contributed by atoms with Gasteiger partial charge in [-0.2, -0.15) is 0 Å². The molecule has 23 atom stereocenters. The maximum atomic E-state index is 12.7. The average molecular weight is 807 g/mol. The first kappa shape index (κ1) is 44.9. The lowest BCUT2D eigenvalue weighted by molar-refractivity contribution is -0.308. The number of aliphatic hydroxyl groups excluding tert-OH is 10. The fraction of sp³-hybridized carbons (Fsp3) is 1.00. The lowest BCUT2D eigenvalue weighted by atomic mass is 9.41. The van der Waals surface area contributed by atoms with E-state index in [0.29, 0.717) is 38.5 Å². The molecule has 4 saturated carbocycles. The summed E-state index contributed by atoms with van der Waals surface area (Å²) in [4.78, 5) is 0. The molecule has 2 heterocycles. The zero-order valence-electron chi connectivity index (χ0n) is 33.7. The van der Waals surface area contributed by atoms with E-state index in [1.54, 1.807) is 0 Å². The smallest absolute Gasteiger partial charge is 0.187 e. The van der Waals surface area contributed by atoms with Gasteiger partial charge in [0.1, 0.15) is 42.7 Å². The van der Waals surface area contributed by atoms with Crippen LogP contribution in [0.2, 0.25) is 0 Å². The van der Waals surface area contributed by atoms with Crippen molar-refractivity contribution in [2.45, 2.75) is 171 Å². The van der Waals surface area contributed by atoms with Crippen LogP contribution in [-0.4, -0.2) is 175 Å². The molecule has 11 N–H and O–H groups in total. The summed E-state index contributed by atoms with van der Waals surface area (Å²) in [6.07, 6.45) is -13.6. The van der Waals surface area contributed by atoms with E-state index in [4.69, 9.17) is 23.7 Å². The van der Waals surface area contributed by atoms with E-state index in [1.165, 1.54) is 7.11 Å². The van der Waals surface area contributed by atoms with Crippen LogP contribution in [-0.2, 0) is 23.7 Å². The van der Waals surface area contributed by atoms with E-state index in [9.17, 15) is 56.2 Å². The molecule has 16 nitrogen and oxygen atoms in total. The zero-order chi connectivity index (χ0) is 41.2. The van der Waals surface area contributed by atoms with Gasteiger partial charge < -0.3 is 79.9 Å². The van der Waals surface area contributed by atoms with E-state index < -0.39 is 121 Å². The Kier molecular flexibility index (Phi) is 13.6. The summed E-state index contributed by atoms with van der Waals surface area (Å²) in [5, 5.41) is 121. The van der Waals surface area contributed by atoms with Crippen LogP contribution in [0.15, 0.2) is 0 Å². The number of hydrogen-bond acceptors (Lipinski definition) is 16. The third kappa shape index (κ3) is 7.53. The highest BCUT2D eigenvalue weighted by atomic mass is 16.8. The zero-order valence-corrected chi connectivity index (χ0v) is 33.7. The summed E-state index contributed by atoms with van der Waals surface area (Å²) in [5.41, 5.74) is -2.81. The highest BCUT2D eigenvalue weighted by Gasteiger charge is 2.73. The van der Waals surface area contributed by atoms with Gasteiger partial charge in [-0.15, -0.1) is 0 Å². The molecule has 0 amide bonds. The summed E-state index contributed by atoms with van der Waals surface area (Å²) in [7, 11) is 1.32. The number of ether oxygens (including phenoxy) is 5. The van der Waals surface area contributed by atoms with Crippen molar-refractivity contribution < 1.29 is 79.9 Å². The van der Waals surface area contributed by atoms with E-state index in [2.05, 4.69) is 6.92 Å². The molecular weight excluding hydrogens is 736 g/mol. The summed E-state index contributed by atoms with van der Waals surface area (Å²) >= 11 is 0. The predicted molar refractivity (Wildman–Crippen MR) is 196 cm³/mol. The highest BCUT2D eigenvalue weighted by Crippen LogP contribution is 2.70. The molecule has 0 bridgehead atoms. The molecule has 2 saturated heterocycles. The molecule has 0 radical (unpaired) electrons. The maximum absolute atomic E-state index is 12.7. The van der Waals surface area contributed by atoms with Crippen molar-refractivity contribution in [2.75, 3.05) is 26.9 Å². The van der Waals surface area contributed by atoms with E-state index in [1.807, 2.05) is 27.7 Å². The van der Waals surface area contributed by atoms with Gasteiger partial charge in [0.25, 0.3) is 0 Å². The van der Waals surface area contributed by atoms with Gasteiger partial charge in [0.05, 0.1) is 55.9 Å². The maximum Gasteiger partial charge on any atom is 0.187 e. The molecule has 0 aromatic rings. The molecule has 0 spiro atoms. The van der Waals surface area contributed by atoms with Crippen LogP contribution < -0.4 is 0 Å². The summed E-state index contributed by atoms with van der Waals surface area (Å²) < 4.78 is 29.1. The van der Waals surface area contributed by atoms with Crippen molar-refractivity contribution in [3.63, 3.8) is 0 Å². The first-order chi connectivity index (χ1) is 26.3. The summed E-state index contributed by atoms with van der Waals surface area (Å²) in [6, 6.07) is 0. The molecule has 56 heavy (non-hydrogen) atoms. The normalized spacial score (nSPS) is 52.3. The van der Waals surface area contributed by atoms with Gasteiger partial charge >= 0.3 is 0 Å². The molecule has 6 aliphatic rings. The molecule has 326 valence electrons. The van der Waals surface area contributed by atoms with Crippen LogP contribution in [0.4, 0.5) is 0 Å². The minimum atomic E-state index is -1.49. The molecular formula is C40H70O16. The van der Waals surface area contributed by atoms with Crippen molar-refractivity contribution in [3.05, 3.63) is 0 Å². The fourth-order valence-electron chi connectivity index (χ4n) is 12.8. The number of rotatable bonds is 13.